The molecule has 0 bridgehead atoms. The molecule has 0 unspecified atom stereocenters. The van der Waals surface area contributed by atoms with Crippen LogP contribution in [0.25, 0.3) is 0 Å². The molecule has 0 heterocycles. The average Bonchev–Trinajstić information content (AvgIpc) is 2.74. The van der Waals surface area contributed by atoms with Crippen LogP contribution >= 0.6 is 0 Å². The predicted molar refractivity (Wildman–Crippen MR) is 130 cm³/mol. The molecule has 168 valence electrons. The summed E-state index contributed by atoms with van der Waals surface area (Å²) in [5, 5.41) is 3.07. The van der Waals surface area contributed by atoms with Crippen molar-refractivity contribution >= 4 is 21.6 Å². The molecule has 1 atom stereocenters. The van der Waals surface area contributed by atoms with Crippen LogP contribution in [0.1, 0.15) is 51.1 Å². The van der Waals surface area contributed by atoms with E-state index in [-0.39, 0.29) is 18.5 Å². The molecule has 0 aliphatic rings. The number of aryl methyl sites for hydroxylation is 3. The second-order valence-electron chi connectivity index (χ2n) is 8.29. The van der Waals surface area contributed by atoms with Crippen LogP contribution in [-0.2, 0) is 16.6 Å². The van der Waals surface area contributed by atoms with Crippen LogP contribution in [0.2, 0.25) is 0 Å². The molecular formula is C26H30N2O3S. The zero-order valence-corrected chi connectivity index (χ0v) is 20.0. The van der Waals surface area contributed by atoms with Gasteiger partial charge in [-0.3, -0.25) is 9.10 Å². The van der Waals surface area contributed by atoms with Gasteiger partial charge in [-0.25, -0.2) is 8.42 Å². The summed E-state index contributed by atoms with van der Waals surface area (Å²) in [6.07, 6.45) is 1.19. The van der Waals surface area contributed by atoms with Gasteiger partial charge < -0.3 is 5.32 Å². The van der Waals surface area contributed by atoms with Crippen molar-refractivity contribution in [3.8, 4) is 0 Å². The highest BCUT2D eigenvalue weighted by atomic mass is 32.2. The van der Waals surface area contributed by atoms with Crippen LogP contribution in [0.4, 0.5) is 5.69 Å². The van der Waals surface area contributed by atoms with E-state index in [2.05, 4.69) is 38.2 Å². The molecular weight excluding hydrogens is 420 g/mol. The van der Waals surface area contributed by atoms with Crippen LogP contribution in [0.15, 0.2) is 66.7 Å². The number of anilines is 1. The first-order chi connectivity index (χ1) is 15.1. The van der Waals surface area contributed by atoms with Crippen molar-refractivity contribution in [2.75, 3.05) is 10.6 Å². The molecule has 1 N–H and O–H groups in total. The Balaban J connectivity index is 1.73. The lowest BCUT2D eigenvalue weighted by molar-refractivity contribution is 0.0940. The van der Waals surface area contributed by atoms with E-state index >= 15 is 0 Å². The number of carbonyl (C=O) groups is 1. The van der Waals surface area contributed by atoms with Crippen molar-refractivity contribution < 1.29 is 13.2 Å². The monoisotopic (exact) mass is 450 g/mol. The van der Waals surface area contributed by atoms with E-state index in [1.54, 1.807) is 48.5 Å². The Hall–Kier alpha value is -3.12. The van der Waals surface area contributed by atoms with Gasteiger partial charge in [-0.1, -0.05) is 42.5 Å². The van der Waals surface area contributed by atoms with Crippen LogP contribution in [0.5, 0.6) is 0 Å². The molecule has 5 nitrogen and oxygen atoms in total. The topological polar surface area (TPSA) is 66.5 Å². The molecule has 0 saturated heterocycles. The van der Waals surface area contributed by atoms with Gasteiger partial charge in [-0.05, 0) is 79.8 Å². The van der Waals surface area contributed by atoms with E-state index < -0.39 is 10.0 Å². The van der Waals surface area contributed by atoms with Gasteiger partial charge in [0.25, 0.3) is 5.91 Å². The molecule has 0 aromatic heterocycles. The summed E-state index contributed by atoms with van der Waals surface area (Å²) in [6, 6.07) is 20.2. The lowest BCUT2D eigenvalue weighted by Crippen LogP contribution is -2.29. The zero-order valence-electron chi connectivity index (χ0n) is 19.2. The molecule has 1 amide bonds. The second kappa shape index (κ2) is 9.57. The number of sulfonamides is 1. The molecule has 0 aliphatic carbocycles. The van der Waals surface area contributed by atoms with Gasteiger partial charge in [0.15, 0.2) is 0 Å². The Morgan fingerprint density at radius 1 is 0.906 bits per heavy atom. The number of para-hydroxylation sites is 1. The Morgan fingerprint density at radius 2 is 1.50 bits per heavy atom. The van der Waals surface area contributed by atoms with Gasteiger partial charge in [0, 0.05) is 5.56 Å². The minimum absolute atomic E-state index is 0.125. The van der Waals surface area contributed by atoms with Gasteiger partial charge in [-0.15, -0.1) is 0 Å². The van der Waals surface area contributed by atoms with Crippen molar-refractivity contribution in [1.29, 1.82) is 0 Å². The molecule has 3 rings (SSSR count). The second-order valence-corrected chi connectivity index (χ2v) is 10.2. The van der Waals surface area contributed by atoms with Crippen molar-refractivity contribution in [3.05, 3.63) is 100 Å². The van der Waals surface area contributed by atoms with Crippen LogP contribution in [0.3, 0.4) is 0 Å². The number of hydrogen-bond acceptors (Lipinski definition) is 3. The molecule has 0 saturated carbocycles. The molecule has 0 radical (unpaired) electrons. The van der Waals surface area contributed by atoms with Crippen molar-refractivity contribution in [2.24, 2.45) is 0 Å². The van der Waals surface area contributed by atoms with Gasteiger partial charge in [0.05, 0.1) is 24.5 Å². The zero-order chi connectivity index (χ0) is 23.5. The number of nitrogens with zero attached hydrogens (tertiary/aromatic N) is 1. The maximum atomic E-state index is 12.8. The van der Waals surface area contributed by atoms with Crippen molar-refractivity contribution in [3.63, 3.8) is 0 Å². The number of hydrogen-bond donors (Lipinski definition) is 1. The number of carbonyl (C=O) groups excluding carboxylic acids is 1. The third kappa shape index (κ3) is 5.56. The van der Waals surface area contributed by atoms with E-state index in [0.717, 1.165) is 16.7 Å². The molecule has 0 fully saturated rings. The Bertz CT molecular complexity index is 1200. The van der Waals surface area contributed by atoms with E-state index in [1.807, 2.05) is 13.0 Å². The lowest BCUT2D eigenvalue weighted by Gasteiger charge is -2.22. The largest absolute Gasteiger partial charge is 0.346 e. The number of benzene rings is 3. The van der Waals surface area contributed by atoms with Crippen molar-refractivity contribution in [1.82, 2.24) is 5.32 Å². The summed E-state index contributed by atoms with van der Waals surface area (Å²) < 4.78 is 26.0. The predicted octanol–water partition coefficient (Wildman–Crippen LogP) is 5.07. The third-order valence-electron chi connectivity index (χ3n) is 5.68. The lowest BCUT2D eigenvalue weighted by atomic mass is 9.96. The Labute approximate surface area is 191 Å². The highest BCUT2D eigenvalue weighted by Crippen LogP contribution is 2.23. The fourth-order valence-electron chi connectivity index (χ4n) is 3.73. The summed E-state index contributed by atoms with van der Waals surface area (Å²) >= 11 is 0. The first kappa shape index (κ1) is 23.5. The highest BCUT2D eigenvalue weighted by Gasteiger charge is 2.18. The molecule has 0 aliphatic heterocycles. The van der Waals surface area contributed by atoms with E-state index in [1.165, 1.54) is 21.7 Å². The Kier molecular flexibility index (Phi) is 7.04. The van der Waals surface area contributed by atoms with Gasteiger partial charge in [0.1, 0.15) is 0 Å². The number of nitrogens with one attached hydrogen (secondary N) is 1. The standard InChI is InChI=1S/C26H30N2O3S/c1-18-15-20(3)25(16-19(18)2)21(4)27-26(29)23-13-11-22(12-14-23)17-28(32(5,30)31)24-9-7-6-8-10-24/h6-16,21H,17H2,1-5H3,(H,27,29)/t21-/m1/s1. The normalized spacial score (nSPS) is 12.3. The van der Waals surface area contributed by atoms with Crippen LogP contribution < -0.4 is 9.62 Å². The highest BCUT2D eigenvalue weighted by molar-refractivity contribution is 7.92. The molecule has 0 spiro atoms. The Morgan fingerprint density at radius 3 is 2.09 bits per heavy atom. The number of rotatable bonds is 7. The first-order valence-corrected chi connectivity index (χ1v) is 12.4. The van der Waals surface area contributed by atoms with Gasteiger partial charge in [-0.2, -0.15) is 0 Å². The summed E-state index contributed by atoms with van der Waals surface area (Å²) in [6.45, 7) is 8.39. The minimum Gasteiger partial charge on any atom is -0.346 e. The minimum atomic E-state index is -3.45. The molecule has 6 heteroatoms. The van der Waals surface area contributed by atoms with E-state index in [9.17, 15) is 13.2 Å². The SMILES string of the molecule is Cc1cc(C)c([C@@H](C)NC(=O)c2ccc(CN(c3ccccc3)S(C)(=O)=O)cc2)cc1C. The molecule has 32 heavy (non-hydrogen) atoms. The number of amides is 1. The third-order valence-corrected chi connectivity index (χ3v) is 6.82. The van der Waals surface area contributed by atoms with Gasteiger partial charge in [0.2, 0.25) is 10.0 Å². The van der Waals surface area contributed by atoms with Crippen LogP contribution in [0, 0.1) is 20.8 Å². The fourth-order valence-corrected chi connectivity index (χ4v) is 4.62. The molecule has 3 aromatic carbocycles. The van der Waals surface area contributed by atoms with Gasteiger partial charge >= 0.3 is 0 Å². The summed E-state index contributed by atoms with van der Waals surface area (Å²) in [7, 11) is -3.45. The smallest absolute Gasteiger partial charge is 0.251 e. The maximum Gasteiger partial charge on any atom is 0.251 e. The maximum absolute atomic E-state index is 12.8. The summed E-state index contributed by atoms with van der Waals surface area (Å²) in [5.41, 5.74) is 6.63. The van der Waals surface area contributed by atoms with Crippen LogP contribution in [-0.4, -0.2) is 20.6 Å². The van der Waals surface area contributed by atoms with Crippen molar-refractivity contribution in [2.45, 2.75) is 40.3 Å². The average molecular weight is 451 g/mol. The van der Waals surface area contributed by atoms with E-state index in [0.29, 0.717) is 11.3 Å². The van der Waals surface area contributed by atoms with E-state index in [4.69, 9.17) is 0 Å². The fraction of sp³-hybridized carbons (Fsp3) is 0.269. The quantitative estimate of drug-likeness (QED) is 0.547. The molecule has 3 aromatic rings. The summed E-state index contributed by atoms with van der Waals surface area (Å²) in [5.74, 6) is -0.162. The summed E-state index contributed by atoms with van der Waals surface area (Å²) in [4.78, 5) is 12.8. The first-order valence-electron chi connectivity index (χ1n) is 10.6.